The average Bonchev–Trinajstić information content (AvgIpc) is 2.04. The Morgan fingerprint density at radius 2 is 2.36 bits per heavy atom. The molecule has 0 amide bonds. The van der Waals surface area contributed by atoms with Gasteiger partial charge in [0, 0.05) is 17.1 Å². The normalized spacial score (nSPS) is 8.55. The van der Waals surface area contributed by atoms with Crippen molar-refractivity contribution < 1.29 is 4.74 Å². The standard InChI is InChI=1S/C7H8BrNO.BrH/c1-10-7-6(5-8)3-2-4-9-7;/h2-4H,5H2,1H3;1H. The lowest BCUT2D eigenvalue weighted by Gasteiger charge is -2.01. The lowest BCUT2D eigenvalue weighted by molar-refractivity contribution is 0.394. The molecule has 0 aliphatic carbocycles. The molecule has 0 atom stereocenters. The summed E-state index contributed by atoms with van der Waals surface area (Å²) in [5.41, 5.74) is 1.07. The molecule has 11 heavy (non-hydrogen) atoms. The monoisotopic (exact) mass is 281 g/mol. The smallest absolute Gasteiger partial charge is 0.217 e. The van der Waals surface area contributed by atoms with Crippen molar-refractivity contribution in [3.8, 4) is 5.88 Å². The zero-order valence-electron chi connectivity index (χ0n) is 6.08. The molecule has 0 aliphatic heterocycles. The Morgan fingerprint density at radius 3 is 2.82 bits per heavy atom. The highest BCUT2D eigenvalue weighted by Crippen LogP contribution is 2.15. The van der Waals surface area contributed by atoms with E-state index in [0.717, 1.165) is 10.9 Å². The first kappa shape index (κ1) is 10.9. The van der Waals surface area contributed by atoms with Crippen molar-refractivity contribution in [2.45, 2.75) is 5.33 Å². The summed E-state index contributed by atoms with van der Waals surface area (Å²) in [4.78, 5) is 4.02. The first-order valence-corrected chi connectivity index (χ1v) is 4.04. The third-order valence-electron chi connectivity index (χ3n) is 1.19. The summed E-state index contributed by atoms with van der Waals surface area (Å²) in [7, 11) is 1.62. The predicted octanol–water partition coefficient (Wildman–Crippen LogP) is 2.56. The number of ether oxygens (including phenoxy) is 1. The highest BCUT2D eigenvalue weighted by atomic mass is 79.9. The molecule has 0 fully saturated rings. The number of aromatic nitrogens is 1. The van der Waals surface area contributed by atoms with Crippen LogP contribution in [0.15, 0.2) is 18.3 Å². The van der Waals surface area contributed by atoms with Gasteiger partial charge in [-0.25, -0.2) is 4.98 Å². The molecule has 1 aromatic rings. The van der Waals surface area contributed by atoms with Crippen LogP contribution in [0.1, 0.15) is 5.56 Å². The largest absolute Gasteiger partial charge is 0.481 e. The summed E-state index contributed by atoms with van der Waals surface area (Å²) in [6.07, 6.45) is 1.71. The predicted molar refractivity (Wildman–Crippen MR) is 53.7 cm³/mol. The Kier molecular flexibility index (Phi) is 5.50. The minimum atomic E-state index is 0. The molecule has 1 aromatic heterocycles. The molecule has 0 spiro atoms. The van der Waals surface area contributed by atoms with Gasteiger partial charge >= 0.3 is 0 Å². The van der Waals surface area contributed by atoms with Crippen molar-refractivity contribution >= 4 is 32.9 Å². The second kappa shape index (κ2) is 5.55. The molecule has 1 heterocycles. The van der Waals surface area contributed by atoms with Gasteiger partial charge in [-0.2, -0.15) is 0 Å². The van der Waals surface area contributed by atoms with Crippen molar-refractivity contribution in [2.75, 3.05) is 7.11 Å². The Labute approximate surface area is 84.9 Å². The summed E-state index contributed by atoms with van der Waals surface area (Å²) >= 11 is 3.33. The van der Waals surface area contributed by atoms with E-state index in [4.69, 9.17) is 4.74 Å². The fourth-order valence-corrected chi connectivity index (χ4v) is 1.14. The van der Waals surface area contributed by atoms with Gasteiger partial charge < -0.3 is 4.74 Å². The van der Waals surface area contributed by atoms with Gasteiger partial charge in [0.25, 0.3) is 0 Å². The SMILES string of the molecule is Br.COc1ncccc1CBr. The maximum absolute atomic E-state index is 5.00. The van der Waals surface area contributed by atoms with E-state index in [0.29, 0.717) is 5.88 Å². The number of nitrogens with zero attached hydrogens (tertiary/aromatic N) is 1. The van der Waals surface area contributed by atoms with Crippen LogP contribution in [0.4, 0.5) is 0 Å². The third kappa shape index (κ3) is 2.79. The van der Waals surface area contributed by atoms with E-state index in [9.17, 15) is 0 Å². The molecule has 4 heteroatoms. The molecular weight excluding hydrogens is 274 g/mol. The summed E-state index contributed by atoms with van der Waals surface area (Å²) in [6.45, 7) is 0. The van der Waals surface area contributed by atoms with Gasteiger partial charge in [-0.05, 0) is 6.07 Å². The Bertz CT molecular complexity index is 194. The average molecular weight is 283 g/mol. The Balaban J connectivity index is 0.000001000. The molecule has 62 valence electrons. The highest BCUT2D eigenvalue weighted by molar-refractivity contribution is 9.08. The molecule has 0 N–H and O–H groups in total. The van der Waals surface area contributed by atoms with Gasteiger partial charge in [-0.3, -0.25) is 0 Å². The third-order valence-corrected chi connectivity index (χ3v) is 1.79. The maximum Gasteiger partial charge on any atom is 0.217 e. The topological polar surface area (TPSA) is 22.1 Å². The lowest BCUT2D eigenvalue weighted by atomic mass is 10.3. The number of methoxy groups -OCH3 is 1. The van der Waals surface area contributed by atoms with E-state index >= 15 is 0 Å². The van der Waals surface area contributed by atoms with E-state index in [1.54, 1.807) is 13.3 Å². The van der Waals surface area contributed by atoms with Crippen molar-refractivity contribution in [2.24, 2.45) is 0 Å². The van der Waals surface area contributed by atoms with Gasteiger partial charge in [0.05, 0.1) is 7.11 Å². The second-order valence-corrected chi connectivity index (χ2v) is 2.37. The summed E-state index contributed by atoms with van der Waals surface area (Å²) < 4.78 is 5.00. The second-order valence-electron chi connectivity index (χ2n) is 1.81. The summed E-state index contributed by atoms with van der Waals surface area (Å²) in [6, 6.07) is 3.86. The first-order valence-electron chi connectivity index (χ1n) is 2.92. The fourth-order valence-electron chi connectivity index (χ4n) is 0.710. The van der Waals surface area contributed by atoms with E-state index < -0.39 is 0 Å². The molecule has 0 aromatic carbocycles. The van der Waals surface area contributed by atoms with E-state index in [-0.39, 0.29) is 17.0 Å². The minimum absolute atomic E-state index is 0. The van der Waals surface area contributed by atoms with Crippen LogP contribution in [-0.2, 0) is 5.33 Å². The number of rotatable bonds is 2. The van der Waals surface area contributed by atoms with Crippen molar-refractivity contribution in [1.29, 1.82) is 0 Å². The van der Waals surface area contributed by atoms with Crippen LogP contribution < -0.4 is 4.74 Å². The van der Waals surface area contributed by atoms with Gasteiger partial charge in [0.2, 0.25) is 5.88 Å². The van der Waals surface area contributed by atoms with Crippen LogP contribution in [-0.4, -0.2) is 12.1 Å². The maximum atomic E-state index is 5.00. The zero-order valence-corrected chi connectivity index (χ0v) is 9.38. The quantitative estimate of drug-likeness (QED) is 0.778. The van der Waals surface area contributed by atoms with Crippen LogP contribution in [0.5, 0.6) is 5.88 Å². The van der Waals surface area contributed by atoms with Crippen LogP contribution in [0.3, 0.4) is 0 Å². The fraction of sp³-hybridized carbons (Fsp3) is 0.286. The van der Waals surface area contributed by atoms with Crippen molar-refractivity contribution in [3.63, 3.8) is 0 Å². The number of hydrogen-bond acceptors (Lipinski definition) is 2. The van der Waals surface area contributed by atoms with Crippen molar-refractivity contribution in [1.82, 2.24) is 4.98 Å². The van der Waals surface area contributed by atoms with Crippen LogP contribution >= 0.6 is 32.9 Å². The van der Waals surface area contributed by atoms with Crippen LogP contribution in [0, 0.1) is 0 Å². The van der Waals surface area contributed by atoms with Gasteiger partial charge in [0.15, 0.2) is 0 Å². The summed E-state index contributed by atoms with van der Waals surface area (Å²) in [5, 5.41) is 0.782. The molecule has 0 radical (unpaired) electrons. The Morgan fingerprint density at radius 1 is 1.64 bits per heavy atom. The van der Waals surface area contributed by atoms with Crippen molar-refractivity contribution in [3.05, 3.63) is 23.9 Å². The van der Waals surface area contributed by atoms with Crippen LogP contribution in [0.25, 0.3) is 0 Å². The molecule has 0 bridgehead atoms. The van der Waals surface area contributed by atoms with E-state index in [2.05, 4.69) is 20.9 Å². The van der Waals surface area contributed by atoms with E-state index in [1.165, 1.54) is 0 Å². The molecule has 0 saturated heterocycles. The molecular formula is C7H9Br2NO. The summed E-state index contributed by atoms with van der Waals surface area (Å²) in [5.74, 6) is 0.694. The van der Waals surface area contributed by atoms with Gasteiger partial charge in [0.1, 0.15) is 0 Å². The first-order chi connectivity index (χ1) is 4.88. The molecule has 1 rings (SSSR count). The zero-order chi connectivity index (χ0) is 7.40. The number of alkyl halides is 1. The van der Waals surface area contributed by atoms with E-state index in [1.807, 2.05) is 12.1 Å². The number of pyridine rings is 1. The number of hydrogen-bond donors (Lipinski definition) is 0. The molecule has 0 aliphatic rings. The molecule has 0 saturated carbocycles. The Hall–Kier alpha value is -0.0900. The van der Waals surface area contributed by atoms with Gasteiger partial charge in [-0.15, -0.1) is 17.0 Å². The lowest BCUT2D eigenvalue weighted by Crippen LogP contribution is -1.90. The van der Waals surface area contributed by atoms with Crippen LogP contribution in [0.2, 0.25) is 0 Å². The molecule has 0 unspecified atom stereocenters. The minimum Gasteiger partial charge on any atom is -0.481 e. The number of halogens is 2. The highest BCUT2D eigenvalue weighted by Gasteiger charge is 1.98. The molecule has 2 nitrogen and oxygen atoms in total. The van der Waals surface area contributed by atoms with Gasteiger partial charge in [-0.1, -0.05) is 22.0 Å².